The summed E-state index contributed by atoms with van der Waals surface area (Å²) >= 11 is 0. The van der Waals surface area contributed by atoms with Gasteiger partial charge in [0.25, 0.3) is 5.56 Å². The van der Waals surface area contributed by atoms with Crippen molar-refractivity contribution in [3.8, 4) is 17.0 Å². The summed E-state index contributed by atoms with van der Waals surface area (Å²) < 4.78 is 6.75. The lowest BCUT2D eigenvalue weighted by Gasteiger charge is -2.15. The van der Waals surface area contributed by atoms with E-state index in [1.165, 1.54) is 10.7 Å². The first-order valence-electron chi connectivity index (χ1n) is 9.08. The first kappa shape index (κ1) is 17.9. The third-order valence-corrected chi connectivity index (χ3v) is 4.79. The van der Waals surface area contributed by atoms with Gasteiger partial charge in [0.1, 0.15) is 5.75 Å². The maximum atomic E-state index is 12.5. The second-order valence-electron chi connectivity index (χ2n) is 6.59. The highest BCUT2D eigenvalue weighted by atomic mass is 16.5. The van der Waals surface area contributed by atoms with Gasteiger partial charge in [-0.3, -0.25) is 4.79 Å². The summed E-state index contributed by atoms with van der Waals surface area (Å²) in [4.78, 5) is 12.5. The summed E-state index contributed by atoms with van der Waals surface area (Å²) in [6.07, 6.45) is 0.600. The molecule has 6 nitrogen and oxygen atoms in total. The van der Waals surface area contributed by atoms with Gasteiger partial charge in [0.2, 0.25) is 0 Å². The van der Waals surface area contributed by atoms with E-state index in [0.717, 1.165) is 28.3 Å². The predicted octanol–water partition coefficient (Wildman–Crippen LogP) is 3.73. The van der Waals surface area contributed by atoms with Gasteiger partial charge in [-0.15, -0.1) is 0 Å². The molecule has 1 aliphatic heterocycles. The molecule has 0 saturated heterocycles. The third kappa shape index (κ3) is 3.49. The Balaban J connectivity index is 1.60. The summed E-state index contributed by atoms with van der Waals surface area (Å²) in [5.74, 6) is 0.742. The van der Waals surface area contributed by atoms with E-state index in [0.29, 0.717) is 12.1 Å². The Morgan fingerprint density at radius 2 is 1.75 bits per heavy atom. The van der Waals surface area contributed by atoms with E-state index < -0.39 is 0 Å². The molecule has 0 bridgehead atoms. The molecule has 1 atom stereocenters. The number of nitrogens with zero attached hydrogens (tertiary/aromatic N) is 4. The van der Waals surface area contributed by atoms with Crippen molar-refractivity contribution in [1.82, 2.24) is 9.78 Å². The number of methoxy groups -OCH3 is 1. The zero-order chi connectivity index (χ0) is 19.5. The summed E-state index contributed by atoms with van der Waals surface area (Å²) in [5.41, 5.74) is 4.17. The van der Waals surface area contributed by atoms with Crippen LogP contribution >= 0.6 is 0 Å². The molecule has 1 aromatic heterocycles. The number of aromatic nitrogens is 2. The van der Waals surface area contributed by atoms with Crippen LogP contribution in [0.25, 0.3) is 11.3 Å². The molecule has 2 heterocycles. The molecule has 140 valence electrons. The van der Waals surface area contributed by atoms with Crippen molar-refractivity contribution in [3.05, 3.63) is 82.6 Å². The number of ether oxygens (including phenoxy) is 1. The van der Waals surface area contributed by atoms with Gasteiger partial charge >= 0.3 is 0 Å². The van der Waals surface area contributed by atoms with Crippen molar-refractivity contribution in [2.45, 2.75) is 19.4 Å². The molecule has 0 amide bonds. The topological polar surface area (TPSA) is 68.8 Å². The monoisotopic (exact) mass is 372 g/mol. The minimum Gasteiger partial charge on any atom is -0.497 e. The average molecular weight is 372 g/mol. The van der Waals surface area contributed by atoms with Crippen LogP contribution in [0.5, 0.6) is 5.75 Å². The standard InChI is InChI=1S/C22H20N4O2/c1-15(20-14-21(24-23-20)16-7-4-3-5-8-16)26-22(27)12-11-19(25-26)17-9-6-10-18(13-17)28-2/h3-13,15H,14H2,1-2H3. The molecular formula is C22H20N4O2. The van der Waals surface area contributed by atoms with Crippen molar-refractivity contribution in [2.75, 3.05) is 7.11 Å². The van der Waals surface area contributed by atoms with Gasteiger partial charge in [-0.25, -0.2) is 4.68 Å². The van der Waals surface area contributed by atoms with E-state index in [2.05, 4.69) is 15.3 Å². The Morgan fingerprint density at radius 1 is 0.964 bits per heavy atom. The van der Waals surface area contributed by atoms with Gasteiger partial charge in [0.05, 0.1) is 30.3 Å². The minimum absolute atomic E-state index is 0.171. The predicted molar refractivity (Wildman–Crippen MR) is 110 cm³/mol. The lowest BCUT2D eigenvalue weighted by atomic mass is 10.0. The number of benzene rings is 2. The molecule has 6 heteroatoms. The van der Waals surface area contributed by atoms with Crippen LogP contribution in [-0.2, 0) is 0 Å². The van der Waals surface area contributed by atoms with Crippen LogP contribution in [-0.4, -0.2) is 28.3 Å². The molecule has 0 aliphatic carbocycles. The van der Waals surface area contributed by atoms with Crippen LogP contribution < -0.4 is 10.3 Å². The van der Waals surface area contributed by atoms with Crippen LogP contribution in [0, 0.1) is 0 Å². The molecule has 0 saturated carbocycles. The zero-order valence-corrected chi connectivity index (χ0v) is 15.7. The highest BCUT2D eigenvalue weighted by Crippen LogP contribution is 2.23. The van der Waals surface area contributed by atoms with Gasteiger partial charge in [-0.1, -0.05) is 42.5 Å². The first-order valence-corrected chi connectivity index (χ1v) is 9.08. The second-order valence-corrected chi connectivity index (χ2v) is 6.59. The largest absolute Gasteiger partial charge is 0.497 e. The summed E-state index contributed by atoms with van der Waals surface area (Å²) in [6.45, 7) is 1.92. The Kier molecular flexibility index (Phi) is 4.85. The Morgan fingerprint density at radius 3 is 2.54 bits per heavy atom. The molecule has 4 rings (SSSR count). The lowest BCUT2D eigenvalue weighted by Crippen LogP contribution is -2.30. The highest BCUT2D eigenvalue weighted by Gasteiger charge is 2.22. The van der Waals surface area contributed by atoms with E-state index in [9.17, 15) is 4.79 Å². The molecule has 0 radical (unpaired) electrons. The van der Waals surface area contributed by atoms with Crippen LogP contribution in [0.4, 0.5) is 0 Å². The van der Waals surface area contributed by atoms with Crippen molar-refractivity contribution in [1.29, 1.82) is 0 Å². The van der Waals surface area contributed by atoms with E-state index in [-0.39, 0.29) is 11.6 Å². The third-order valence-electron chi connectivity index (χ3n) is 4.79. The maximum Gasteiger partial charge on any atom is 0.267 e. The van der Waals surface area contributed by atoms with E-state index >= 15 is 0 Å². The van der Waals surface area contributed by atoms with Crippen molar-refractivity contribution >= 4 is 11.4 Å². The Labute approximate surface area is 162 Å². The molecule has 3 aromatic rings. The number of hydrogen-bond acceptors (Lipinski definition) is 5. The Bertz CT molecular complexity index is 1120. The van der Waals surface area contributed by atoms with Crippen LogP contribution in [0.15, 0.2) is 81.7 Å². The van der Waals surface area contributed by atoms with Gasteiger partial charge in [0, 0.05) is 18.1 Å². The van der Waals surface area contributed by atoms with Gasteiger partial charge in [-0.05, 0) is 30.7 Å². The highest BCUT2D eigenvalue weighted by molar-refractivity contribution is 6.15. The fourth-order valence-electron chi connectivity index (χ4n) is 3.17. The molecular weight excluding hydrogens is 352 g/mol. The van der Waals surface area contributed by atoms with Crippen LogP contribution in [0.2, 0.25) is 0 Å². The summed E-state index contributed by atoms with van der Waals surface area (Å²) in [6, 6.07) is 20.5. The van der Waals surface area contributed by atoms with Crippen LogP contribution in [0.3, 0.4) is 0 Å². The smallest absolute Gasteiger partial charge is 0.267 e. The Hall–Kier alpha value is -3.54. The fraction of sp³-hybridized carbons (Fsp3) is 0.182. The van der Waals surface area contributed by atoms with Gasteiger partial charge < -0.3 is 4.74 Å². The second kappa shape index (κ2) is 7.60. The lowest BCUT2D eigenvalue weighted by molar-refractivity contribution is 0.415. The van der Waals surface area contributed by atoms with Crippen LogP contribution in [0.1, 0.15) is 24.9 Å². The van der Waals surface area contributed by atoms with Crippen molar-refractivity contribution in [2.24, 2.45) is 10.2 Å². The molecule has 0 spiro atoms. The fourth-order valence-corrected chi connectivity index (χ4v) is 3.17. The molecule has 1 aliphatic rings. The molecule has 0 fully saturated rings. The SMILES string of the molecule is COc1cccc(-c2ccc(=O)n(C(C)C3=NN=C(c4ccccc4)C3)n2)c1. The van der Waals surface area contributed by atoms with Crippen molar-refractivity contribution < 1.29 is 4.74 Å². The molecule has 1 unspecified atom stereocenters. The van der Waals surface area contributed by atoms with Gasteiger partial charge in [0.15, 0.2) is 0 Å². The molecule has 0 N–H and O–H groups in total. The van der Waals surface area contributed by atoms with Crippen molar-refractivity contribution in [3.63, 3.8) is 0 Å². The maximum absolute atomic E-state index is 12.5. The minimum atomic E-state index is -0.289. The van der Waals surface area contributed by atoms with E-state index in [1.807, 2.05) is 61.5 Å². The molecule has 2 aromatic carbocycles. The first-order chi connectivity index (χ1) is 13.7. The van der Waals surface area contributed by atoms with E-state index in [1.54, 1.807) is 13.2 Å². The van der Waals surface area contributed by atoms with E-state index in [4.69, 9.17) is 4.74 Å². The number of rotatable bonds is 5. The van der Waals surface area contributed by atoms with Gasteiger partial charge in [-0.2, -0.15) is 15.3 Å². The average Bonchev–Trinajstić information content (AvgIpc) is 3.24. The molecule has 28 heavy (non-hydrogen) atoms. The summed E-state index contributed by atoms with van der Waals surface area (Å²) in [5, 5.41) is 13.2. The zero-order valence-electron chi connectivity index (χ0n) is 15.7. The quantitative estimate of drug-likeness (QED) is 0.685. The number of hydrogen-bond donors (Lipinski definition) is 0. The normalized spacial score (nSPS) is 14.4. The summed E-state index contributed by atoms with van der Waals surface area (Å²) in [7, 11) is 1.62.